The Morgan fingerprint density at radius 1 is 1.35 bits per heavy atom. The van der Waals surface area contributed by atoms with Gasteiger partial charge in [0.2, 0.25) is 5.82 Å². The molecule has 3 N–H and O–H groups in total. The van der Waals surface area contributed by atoms with Crippen molar-refractivity contribution in [2.24, 2.45) is 5.73 Å². The van der Waals surface area contributed by atoms with Crippen LogP contribution in [0.5, 0.6) is 0 Å². The highest BCUT2D eigenvalue weighted by Crippen LogP contribution is 2.28. The largest absolute Gasteiger partial charge is 0.343 e. The van der Waals surface area contributed by atoms with Crippen molar-refractivity contribution >= 4 is 29.1 Å². The Hall–Kier alpha value is -1.63. The Kier molecular flexibility index (Phi) is 5.29. The van der Waals surface area contributed by atoms with Gasteiger partial charge in [-0.15, -0.1) is 5.10 Å². The maximum atomic E-state index is 12.3. The molecule has 0 unspecified atom stereocenters. The van der Waals surface area contributed by atoms with Crippen LogP contribution in [0.3, 0.4) is 0 Å². The molecule has 1 aromatic carbocycles. The quantitative estimate of drug-likeness (QED) is 0.862. The van der Waals surface area contributed by atoms with Crippen molar-refractivity contribution in [3.05, 3.63) is 39.9 Å². The molecule has 0 spiro atoms. The average Bonchev–Trinajstić information content (AvgIpc) is 2.91. The first kappa shape index (κ1) is 17.7. The number of aryl methyl sites for hydroxylation is 1. The summed E-state index contributed by atoms with van der Waals surface area (Å²) in [5, 5.41) is 7.95. The van der Waals surface area contributed by atoms with Crippen LogP contribution in [-0.4, -0.2) is 32.8 Å². The topological polar surface area (TPSA) is 85.8 Å². The lowest BCUT2D eigenvalue weighted by molar-refractivity contribution is 0.0905. The minimum absolute atomic E-state index is 0.0550. The van der Waals surface area contributed by atoms with Gasteiger partial charge in [-0.3, -0.25) is 4.79 Å². The van der Waals surface area contributed by atoms with Crippen molar-refractivity contribution in [3.8, 4) is 5.69 Å². The second kappa shape index (κ2) is 6.86. The summed E-state index contributed by atoms with van der Waals surface area (Å²) in [6.07, 6.45) is 0.572. The second-order valence-electron chi connectivity index (χ2n) is 5.73. The Balaban J connectivity index is 2.44. The molecule has 0 radical (unpaired) electrons. The van der Waals surface area contributed by atoms with Crippen LogP contribution in [-0.2, 0) is 6.42 Å². The van der Waals surface area contributed by atoms with Crippen LogP contribution in [0.1, 0.15) is 37.2 Å². The lowest BCUT2D eigenvalue weighted by Crippen LogP contribution is -2.49. The lowest BCUT2D eigenvalue weighted by Gasteiger charge is -2.23. The van der Waals surface area contributed by atoms with Gasteiger partial charge in [-0.05, 0) is 26.0 Å². The van der Waals surface area contributed by atoms with Gasteiger partial charge in [0.25, 0.3) is 5.91 Å². The minimum Gasteiger partial charge on any atom is -0.343 e. The van der Waals surface area contributed by atoms with Gasteiger partial charge in [-0.25, -0.2) is 9.67 Å². The fourth-order valence-corrected chi connectivity index (χ4v) is 2.51. The van der Waals surface area contributed by atoms with Crippen molar-refractivity contribution < 1.29 is 4.79 Å². The van der Waals surface area contributed by atoms with Gasteiger partial charge in [0.15, 0.2) is 0 Å². The number of halogens is 2. The van der Waals surface area contributed by atoms with E-state index in [1.165, 1.54) is 4.68 Å². The summed E-state index contributed by atoms with van der Waals surface area (Å²) in [4.78, 5) is 16.6. The first-order valence-corrected chi connectivity index (χ1v) is 7.97. The van der Waals surface area contributed by atoms with Crippen LogP contribution >= 0.6 is 23.2 Å². The fraction of sp³-hybridized carbons (Fsp3) is 0.400. The molecule has 1 aromatic heterocycles. The zero-order chi connectivity index (χ0) is 17.2. The molecular weight excluding hydrogens is 337 g/mol. The minimum atomic E-state index is -0.545. The smallest absolute Gasteiger partial charge is 0.291 e. The lowest BCUT2D eigenvalue weighted by atomic mass is 10.1. The highest BCUT2D eigenvalue weighted by Gasteiger charge is 2.24. The number of aromatic nitrogens is 3. The number of carbonyl (C=O) groups is 1. The number of amides is 1. The maximum Gasteiger partial charge on any atom is 0.291 e. The molecule has 0 fully saturated rings. The zero-order valence-corrected chi connectivity index (χ0v) is 14.7. The molecule has 0 aliphatic heterocycles. The molecule has 124 valence electrons. The summed E-state index contributed by atoms with van der Waals surface area (Å²) in [5.74, 6) is 0.257. The Morgan fingerprint density at radius 3 is 2.48 bits per heavy atom. The normalized spacial score (nSPS) is 11.6. The molecular formula is C15H19Cl2N5O. The number of nitrogens with two attached hydrogens (primary N) is 1. The number of hydrogen-bond acceptors (Lipinski definition) is 4. The van der Waals surface area contributed by atoms with E-state index in [4.69, 9.17) is 28.9 Å². The van der Waals surface area contributed by atoms with E-state index in [-0.39, 0.29) is 5.82 Å². The Bertz CT molecular complexity index is 706. The van der Waals surface area contributed by atoms with Gasteiger partial charge < -0.3 is 11.1 Å². The zero-order valence-electron chi connectivity index (χ0n) is 13.2. The van der Waals surface area contributed by atoms with E-state index in [0.717, 1.165) is 0 Å². The molecule has 1 amide bonds. The van der Waals surface area contributed by atoms with Crippen LogP contribution in [0, 0.1) is 0 Å². The number of carbonyl (C=O) groups excluding carboxylic acids is 1. The monoisotopic (exact) mass is 355 g/mol. The standard InChI is InChI=1S/C15H19Cl2N5O/c1-4-11-19-13(14(23)20-15(2,3)8-18)21-22(11)12-9(16)6-5-7-10(12)17/h5-7H,4,8,18H2,1-3H3,(H,20,23). The maximum absolute atomic E-state index is 12.3. The molecule has 0 aliphatic carbocycles. The van der Waals surface area contributed by atoms with Crippen molar-refractivity contribution in [1.82, 2.24) is 20.1 Å². The Morgan fingerprint density at radius 2 is 1.96 bits per heavy atom. The molecule has 6 nitrogen and oxygen atoms in total. The summed E-state index contributed by atoms with van der Waals surface area (Å²) >= 11 is 12.4. The molecule has 0 bridgehead atoms. The fourth-order valence-electron chi connectivity index (χ4n) is 1.95. The van der Waals surface area contributed by atoms with E-state index in [2.05, 4.69) is 15.4 Å². The van der Waals surface area contributed by atoms with Crippen molar-refractivity contribution in [2.45, 2.75) is 32.7 Å². The Labute approximate surface area is 145 Å². The van der Waals surface area contributed by atoms with E-state index >= 15 is 0 Å². The predicted molar refractivity (Wildman–Crippen MR) is 91.4 cm³/mol. The highest BCUT2D eigenvalue weighted by atomic mass is 35.5. The van der Waals surface area contributed by atoms with E-state index in [1.807, 2.05) is 20.8 Å². The first-order valence-electron chi connectivity index (χ1n) is 7.22. The molecule has 0 saturated heterocycles. The molecule has 2 rings (SSSR count). The molecule has 0 saturated carbocycles. The van der Waals surface area contributed by atoms with Gasteiger partial charge in [-0.2, -0.15) is 0 Å². The number of rotatable bonds is 5. The van der Waals surface area contributed by atoms with Crippen LogP contribution < -0.4 is 11.1 Å². The van der Waals surface area contributed by atoms with Crippen molar-refractivity contribution in [1.29, 1.82) is 0 Å². The third-order valence-corrected chi connectivity index (χ3v) is 3.92. The summed E-state index contributed by atoms with van der Waals surface area (Å²) in [6.45, 7) is 5.87. The number of nitrogens with zero attached hydrogens (tertiary/aromatic N) is 3. The molecule has 2 aromatic rings. The summed E-state index contributed by atoms with van der Waals surface area (Å²) in [7, 11) is 0. The third kappa shape index (κ3) is 3.83. The predicted octanol–water partition coefficient (Wildman–Crippen LogP) is 2.60. The van der Waals surface area contributed by atoms with Crippen LogP contribution in [0.4, 0.5) is 0 Å². The highest BCUT2D eigenvalue weighted by molar-refractivity contribution is 6.37. The van der Waals surface area contributed by atoms with Crippen molar-refractivity contribution in [3.63, 3.8) is 0 Å². The molecule has 8 heteroatoms. The van der Waals surface area contributed by atoms with Gasteiger partial charge in [0, 0.05) is 18.5 Å². The van der Waals surface area contributed by atoms with Crippen LogP contribution in [0.25, 0.3) is 5.69 Å². The van der Waals surface area contributed by atoms with E-state index in [9.17, 15) is 4.79 Å². The van der Waals surface area contributed by atoms with Crippen molar-refractivity contribution in [2.75, 3.05) is 6.54 Å². The number of hydrogen-bond donors (Lipinski definition) is 2. The molecule has 23 heavy (non-hydrogen) atoms. The number of benzene rings is 1. The third-order valence-electron chi connectivity index (χ3n) is 3.31. The van der Waals surface area contributed by atoms with Crippen LogP contribution in [0.2, 0.25) is 10.0 Å². The summed E-state index contributed by atoms with van der Waals surface area (Å²) < 4.78 is 1.51. The van der Waals surface area contributed by atoms with E-state index in [0.29, 0.717) is 34.5 Å². The second-order valence-corrected chi connectivity index (χ2v) is 6.54. The van der Waals surface area contributed by atoms with Gasteiger partial charge in [0.1, 0.15) is 11.5 Å². The summed E-state index contributed by atoms with van der Waals surface area (Å²) in [6, 6.07) is 5.16. The number of nitrogens with one attached hydrogen (secondary N) is 1. The van der Waals surface area contributed by atoms with E-state index in [1.54, 1.807) is 18.2 Å². The van der Waals surface area contributed by atoms with E-state index < -0.39 is 11.4 Å². The van der Waals surface area contributed by atoms with Gasteiger partial charge >= 0.3 is 0 Å². The number of para-hydroxylation sites is 1. The SMILES string of the molecule is CCc1nc(C(=O)NC(C)(C)CN)nn1-c1c(Cl)cccc1Cl. The molecule has 0 atom stereocenters. The summed E-state index contributed by atoms with van der Waals surface area (Å²) in [5.41, 5.74) is 5.60. The van der Waals surface area contributed by atoms with Gasteiger partial charge in [0.05, 0.1) is 10.0 Å². The van der Waals surface area contributed by atoms with Crippen LogP contribution in [0.15, 0.2) is 18.2 Å². The molecule has 0 aliphatic rings. The average molecular weight is 356 g/mol. The first-order chi connectivity index (χ1) is 10.8. The molecule has 1 heterocycles. The van der Waals surface area contributed by atoms with Gasteiger partial charge in [-0.1, -0.05) is 36.2 Å².